The summed E-state index contributed by atoms with van der Waals surface area (Å²) in [4.78, 5) is 4.88. The normalized spacial score (nSPS) is 40.0. The van der Waals surface area contributed by atoms with Crippen molar-refractivity contribution in [1.29, 1.82) is 0 Å². The number of aromatic nitrogens is 2. The van der Waals surface area contributed by atoms with Crippen molar-refractivity contribution in [3.8, 4) is 0 Å². The lowest BCUT2D eigenvalue weighted by molar-refractivity contribution is -0.00407. The second-order valence-electron chi connectivity index (χ2n) is 7.15. The molecule has 0 aromatic carbocycles. The fraction of sp³-hybridized carbons (Fsp3) is 0.812. The van der Waals surface area contributed by atoms with Crippen molar-refractivity contribution in [3.05, 3.63) is 17.7 Å². The van der Waals surface area contributed by atoms with E-state index in [1.165, 1.54) is 37.8 Å². The van der Waals surface area contributed by atoms with Crippen LogP contribution in [0.25, 0.3) is 0 Å². The van der Waals surface area contributed by atoms with Crippen molar-refractivity contribution in [2.75, 3.05) is 6.54 Å². The van der Waals surface area contributed by atoms with Crippen LogP contribution < -0.4 is 5.73 Å². The average Bonchev–Trinajstić information content (AvgIpc) is 2.70. The Bertz CT molecular complexity index is 448. The van der Waals surface area contributed by atoms with Crippen molar-refractivity contribution >= 4 is 0 Å². The minimum absolute atomic E-state index is 0.707. The molecule has 0 saturated heterocycles. The Morgan fingerprint density at radius 1 is 1.16 bits per heavy atom. The third kappa shape index (κ3) is 1.85. The molecular weight excluding hydrogens is 234 g/mol. The van der Waals surface area contributed by atoms with Crippen molar-refractivity contribution in [1.82, 2.24) is 9.55 Å². The van der Waals surface area contributed by atoms with Gasteiger partial charge in [0.05, 0.1) is 5.69 Å². The Morgan fingerprint density at radius 3 is 2.37 bits per heavy atom. The molecule has 1 aromatic heterocycles. The predicted molar refractivity (Wildman–Crippen MR) is 75.8 cm³/mol. The van der Waals surface area contributed by atoms with Crippen LogP contribution in [-0.4, -0.2) is 16.1 Å². The van der Waals surface area contributed by atoms with Gasteiger partial charge in [-0.3, -0.25) is 0 Å². The average molecular weight is 259 g/mol. The molecule has 0 unspecified atom stereocenters. The van der Waals surface area contributed by atoms with E-state index in [4.69, 9.17) is 10.7 Å². The van der Waals surface area contributed by atoms with Crippen LogP contribution in [0.15, 0.2) is 6.20 Å². The van der Waals surface area contributed by atoms with Gasteiger partial charge in [0.15, 0.2) is 0 Å². The van der Waals surface area contributed by atoms with Gasteiger partial charge in [0.25, 0.3) is 0 Å². The highest BCUT2D eigenvalue weighted by Crippen LogP contribution is 2.59. The van der Waals surface area contributed by atoms with Gasteiger partial charge < -0.3 is 10.3 Å². The van der Waals surface area contributed by atoms with E-state index in [-0.39, 0.29) is 0 Å². The Hall–Kier alpha value is -0.830. The van der Waals surface area contributed by atoms with Crippen LogP contribution in [0, 0.1) is 30.6 Å². The summed E-state index contributed by atoms with van der Waals surface area (Å²) in [7, 11) is 0. The zero-order chi connectivity index (χ0) is 13.0. The van der Waals surface area contributed by atoms with Crippen LogP contribution >= 0.6 is 0 Å². The summed E-state index contributed by atoms with van der Waals surface area (Å²) in [5, 5.41) is 0. The highest BCUT2D eigenvalue weighted by atomic mass is 15.1. The molecule has 1 aromatic rings. The zero-order valence-electron chi connectivity index (χ0n) is 11.9. The largest absolute Gasteiger partial charge is 0.334 e. The lowest BCUT2D eigenvalue weighted by atomic mass is 9.51. The predicted octanol–water partition coefficient (Wildman–Crippen LogP) is 2.69. The summed E-state index contributed by atoms with van der Waals surface area (Å²) in [6.07, 6.45) is 9.72. The minimum atomic E-state index is 0.707. The molecule has 5 rings (SSSR count). The smallest absolute Gasteiger partial charge is 0.105 e. The lowest BCUT2D eigenvalue weighted by Gasteiger charge is -2.54. The Morgan fingerprint density at radius 2 is 1.79 bits per heavy atom. The van der Waals surface area contributed by atoms with Gasteiger partial charge in [0.1, 0.15) is 5.82 Å². The van der Waals surface area contributed by atoms with Crippen molar-refractivity contribution < 1.29 is 0 Å². The third-order valence-electron chi connectivity index (χ3n) is 5.93. The molecule has 19 heavy (non-hydrogen) atoms. The number of imidazole rings is 1. The van der Waals surface area contributed by atoms with Crippen LogP contribution in [0.4, 0.5) is 0 Å². The molecule has 0 atom stereocenters. The van der Waals surface area contributed by atoms with Gasteiger partial charge in [0, 0.05) is 25.2 Å². The van der Waals surface area contributed by atoms with Crippen molar-refractivity contribution in [3.63, 3.8) is 0 Å². The SMILES string of the molecule is Cc1nc(C2C3CC4CC(C3)CC2C4)cn1CCN. The van der Waals surface area contributed by atoms with Crippen LogP contribution in [0.2, 0.25) is 0 Å². The number of hydrogen-bond donors (Lipinski definition) is 1. The molecule has 3 nitrogen and oxygen atoms in total. The molecule has 4 bridgehead atoms. The first-order chi connectivity index (χ1) is 9.24. The molecule has 1 heterocycles. The van der Waals surface area contributed by atoms with E-state index in [1.807, 2.05) is 0 Å². The van der Waals surface area contributed by atoms with Gasteiger partial charge in [-0.2, -0.15) is 0 Å². The molecule has 3 heteroatoms. The van der Waals surface area contributed by atoms with Crippen molar-refractivity contribution in [2.45, 2.75) is 51.5 Å². The molecular formula is C16H25N3. The summed E-state index contributed by atoms with van der Waals surface area (Å²) < 4.78 is 2.25. The first-order valence-electron chi connectivity index (χ1n) is 7.98. The van der Waals surface area contributed by atoms with E-state index in [1.54, 1.807) is 0 Å². The van der Waals surface area contributed by atoms with Crippen LogP contribution in [0.1, 0.15) is 49.5 Å². The van der Waals surface area contributed by atoms with Crippen LogP contribution in [0.3, 0.4) is 0 Å². The summed E-state index contributed by atoms with van der Waals surface area (Å²) in [6.45, 7) is 3.74. The van der Waals surface area contributed by atoms with Crippen molar-refractivity contribution in [2.24, 2.45) is 29.4 Å². The summed E-state index contributed by atoms with van der Waals surface area (Å²) in [5.41, 5.74) is 7.06. The van der Waals surface area contributed by atoms with Crippen LogP contribution in [-0.2, 0) is 6.54 Å². The first kappa shape index (κ1) is 12.0. The molecule has 0 spiro atoms. The van der Waals surface area contributed by atoms with Crippen LogP contribution in [0.5, 0.6) is 0 Å². The minimum Gasteiger partial charge on any atom is -0.334 e. The first-order valence-corrected chi connectivity index (χ1v) is 7.98. The van der Waals surface area contributed by atoms with E-state index >= 15 is 0 Å². The number of hydrogen-bond acceptors (Lipinski definition) is 2. The standard InChI is InChI=1S/C16H25N3/c1-10-18-15(9-19(10)3-2-17)16-13-5-11-4-12(7-13)8-14(16)6-11/h9,11-14,16H,2-8,17H2,1H3. The molecule has 104 valence electrons. The van der Waals surface area contributed by atoms with Gasteiger partial charge in [-0.05, 0) is 62.7 Å². The van der Waals surface area contributed by atoms with Gasteiger partial charge in [0.2, 0.25) is 0 Å². The second kappa shape index (κ2) is 4.34. The number of aryl methyl sites for hydroxylation is 1. The van der Waals surface area contributed by atoms with E-state index in [0.29, 0.717) is 6.54 Å². The monoisotopic (exact) mass is 259 g/mol. The molecule has 4 saturated carbocycles. The van der Waals surface area contributed by atoms with Gasteiger partial charge >= 0.3 is 0 Å². The quantitative estimate of drug-likeness (QED) is 0.907. The fourth-order valence-electron chi connectivity index (χ4n) is 5.47. The molecule has 0 amide bonds. The third-order valence-corrected chi connectivity index (χ3v) is 5.93. The highest BCUT2D eigenvalue weighted by molar-refractivity contribution is 5.17. The molecule has 0 aliphatic heterocycles. The zero-order valence-corrected chi connectivity index (χ0v) is 11.9. The molecule has 4 aliphatic carbocycles. The maximum absolute atomic E-state index is 5.68. The maximum Gasteiger partial charge on any atom is 0.105 e. The Labute approximate surface area is 115 Å². The van der Waals surface area contributed by atoms with E-state index in [0.717, 1.165) is 42.0 Å². The van der Waals surface area contributed by atoms with Gasteiger partial charge in [-0.25, -0.2) is 4.98 Å². The number of rotatable bonds is 3. The topological polar surface area (TPSA) is 43.8 Å². The van der Waals surface area contributed by atoms with E-state index in [9.17, 15) is 0 Å². The maximum atomic E-state index is 5.68. The molecule has 4 aliphatic rings. The summed E-state index contributed by atoms with van der Waals surface area (Å²) >= 11 is 0. The highest BCUT2D eigenvalue weighted by Gasteiger charge is 2.49. The van der Waals surface area contributed by atoms with E-state index < -0.39 is 0 Å². The van der Waals surface area contributed by atoms with E-state index in [2.05, 4.69) is 17.7 Å². The number of nitrogens with two attached hydrogens (primary N) is 1. The second-order valence-corrected chi connectivity index (χ2v) is 7.15. The molecule has 0 radical (unpaired) electrons. The Kier molecular flexibility index (Phi) is 2.73. The number of nitrogens with zero attached hydrogens (tertiary/aromatic N) is 2. The Balaban J connectivity index is 1.63. The van der Waals surface area contributed by atoms with Gasteiger partial charge in [-0.15, -0.1) is 0 Å². The molecule has 4 fully saturated rings. The molecule has 2 N–H and O–H groups in total. The van der Waals surface area contributed by atoms with Gasteiger partial charge in [-0.1, -0.05) is 0 Å². The lowest BCUT2D eigenvalue weighted by Crippen LogP contribution is -2.43. The summed E-state index contributed by atoms with van der Waals surface area (Å²) in [5.74, 6) is 5.85. The summed E-state index contributed by atoms with van der Waals surface area (Å²) in [6, 6.07) is 0. The fourth-order valence-corrected chi connectivity index (χ4v) is 5.47.